The van der Waals surface area contributed by atoms with E-state index in [1.54, 1.807) is 6.21 Å². The Morgan fingerprint density at radius 1 is 1.15 bits per heavy atom. The van der Waals surface area contributed by atoms with Crippen LogP contribution in [0.1, 0.15) is 58.6 Å². The summed E-state index contributed by atoms with van der Waals surface area (Å²) in [6, 6.07) is 0.186. The van der Waals surface area contributed by atoms with Crippen molar-refractivity contribution in [2.75, 3.05) is 24.6 Å². The van der Waals surface area contributed by atoms with Crippen molar-refractivity contribution in [2.24, 2.45) is 16.8 Å². The van der Waals surface area contributed by atoms with Gasteiger partial charge < -0.3 is 14.2 Å². The number of rotatable bonds is 6. The number of anilines is 1. The van der Waals surface area contributed by atoms with Crippen LogP contribution in [-0.2, 0) is 11.3 Å². The molecule has 5 heterocycles. The largest absolute Gasteiger partial charge is 0.439 e. The minimum atomic E-state index is -0.666. The third kappa shape index (κ3) is 5.14. The van der Waals surface area contributed by atoms with Gasteiger partial charge in [0.2, 0.25) is 17.6 Å². The highest BCUT2D eigenvalue weighted by molar-refractivity contribution is 6.25. The second-order valence-electron chi connectivity index (χ2n) is 11.0. The molecule has 0 radical (unpaired) electrons. The van der Waals surface area contributed by atoms with Crippen molar-refractivity contribution in [1.29, 1.82) is 0 Å². The van der Waals surface area contributed by atoms with E-state index in [2.05, 4.69) is 45.4 Å². The molecular weight excluding hydrogens is 520 g/mol. The molecule has 2 fully saturated rings. The van der Waals surface area contributed by atoms with Crippen molar-refractivity contribution in [3.63, 3.8) is 0 Å². The number of aromatic amines is 1. The van der Waals surface area contributed by atoms with Crippen molar-refractivity contribution in [3.8, 4) is 11.6 Å². The lowest BCUT2D eigenvalue weighted by Crippen LogP contribution is -2.51. The standard InChI is InChI=1S/C27H35ClN8O3/c1-4-20-16(3)38-10-9-35(20)26-32-23-22(36(26)14-17-7-5-15(2)6-8-17)21(18-11-19(28)13-29-12-18)30-24(31-23)25-33-27(37)39-34-25/h11-12,15-17,19-20H,4-10,13-14H2,1-3H3,(H,33,34,37). The predicted molar refractivity (Wildman–Crippen MR) is 150 cm³/mol. The molecule has 3 unspecified atom stereocenters. The van der Waals surface area contributed by atoms with Gasteiger partial charge in [0, 0.05) is 24.9 Å². The van der Waals surface area contributed by atoms with Crippen LogP contribution in [0.15, 0.2) is 20.4 Å². The Hall–Kier alpha value is -3.05. The molecule has 1 N–H and O–H groups in total. The van der Waals surface area contributed by atoms with E-state index < -0.39 is 5.76 Å². The lowest BCUT2D eigenvalue weighted by Gasteiger charge is -2.40. The van der Waals surface area contributed by atoms with E-state index in [-0.39, 0.29) is 29.2 Å². The molecule has 12 heteroatoms. The number of morpholine rings is 1. The summed E-state index contributed by atoms with van der Waals surface area (Å²) >= 11 is 6.51. The second kappa shape index (κ2) is 10.8. The van der Waals surface area contributed by atoms with Gasteiger partial charge in [-0.2, -0.15) is 4.98 Å². The van der Waals surface area contributed by atoms with Gasteiger partial charge in [0.1, 0.15) is 11.2 Å². The van der Waals surface area contributed by atoms with Crippen LogP contribution in [0.4, 0.5) is 5.95 Å². The highest BCUT2D eigenvalue weighted by atomic mass is 35.5. The molecule has 2 aliphatic heterocycles. The van der Waals surface area contributed by atoms with E-state index in [4.69, 9.17) is 35.8 Å². The summed E-state index contributed by atoms with van der Waals surface area (Å²) in [7, 11) is 0. The van der Waals surface area contributed by atoms with Gasteiger partial charge in [-0.1, -0.05) is 37.9 Å². The van der Waals surface area contributed by atoms with Gasteiger partial charge in [-0.15, -0.1) is 11.6 Å². The molecule has 3 aromatic heterocycles. The molecule has 11 nitrogen and oxygen atoms in total. The average Bonchev–Trinajstić information content (AvgIpc) is 3.53. The summed E-state index contributed by atoms with van der Waals surface area (Å²) in [4.78, 5) is 36.0. The van der Waals surface area contributed by atoms with Gasteiger partial charge in [0.15, 0.2) is 5.65 Å². The van der Waals surface area contributed by atoms with Crippen molar-refractivity contribution < 1.29 is 9.26 Å². The predicted octanol–water partition coefficient (Wildman–Crippen LogP) is 4.07. The van der Waals surface area contributed by atoms with E-state index in [9.17, 15) is 4.79 Å². The zero-order valence-corrected chi connectivity index (χ0v) is 23.4. The van der Waals surface area contributed by atoms with E-state index in [1.165, 1.54) is 25.7 Å². The first-order chi connectivity index (χ1) is 18.9. The number of alkyl halides is 1. The van der Waals surface area contributed by atoms with Crippen LogP contribution in [0, 0.1) is 11.8 Å². The number of nitrogens with zero attached hydrogens (tertiary/aromatic N) is 7. The quantitative estimate of drug-likeness (QED) is 0.452. The Bertz CT molecular complexity index is 1450. The van der Waals surface area contributed by atoms with E-state index >= 15 is 0 Å². The van der Waals surface area contributed by atoms with Crippen LogP contribution < -0.4 is 10.7 Å². The maximum absolute atomic E-state index is 11.7. The molecule has 0 amide bonds. The Morgan fingerprint density at radius 2 is 1.97 bits per heavy atom. The molecular formula is C27H35ClN8O3. The number of H-pyrrole nitrogens is 1. The highest BCUT2D eigenvalue weighted by Gasteiger charge is 2.34. The molecule has 0 spiro atoms. The molecule has 3 aromatic rings. The zero-order chi connectivity index (χ0) is 27.1. The van der Waals surface area contributed by atoms with Crippen molar-refractivity contribution in [1.82, 2.24) is 29.7 Å². The summed E-state index contributed by atoms with van der Waals surface area (Å²) < 4.78 is 13.1. The normalized spacial score (nSPS) is 27.7. The number of ether oxygens (including phenoxy) is 1. The topological polar surface area (TPSA) is 127 Å². The van der Waals surface area contributed by atoms with Crippen LogP contribution in [0.5, 0.6) is 0 Å². The van der Waals surface area contributed by atoms with E-state index in [0.717, 1.165) is 42.5 Å². The van der Waals surface area contributed by atoms with E-state index in [1.807, 2.05) is 6.08 Å². The molecule has 208 valence electrons. The number of aromatic nitrogens is 6. The lowest BCUT2D eigenvalue weighted by atomic mass is 9.83. The van der Waals surface area contributed by atoms with Gasteiger partial charge in [-0.25, -0.2) is 14.8 Å². The third-order valence-corrected chi connectivity index (χ3v) is 8.55. The number of hydrogen-bond donors (Lipinski definition) is 1. The fraction of sp³-hybridized carbons (Fsp3) is 0.630. The number of dihydropyridines is 1. The Kier molecular flexibility index (Phi) is 7.28. The first kappa shape index (κ1) is 26.2. The number of fused-ring (bicyclic) bond motifs is 1. The molecule has 1 saturated heterocycles. The summed E-state index contributed by atoms with van der Waals surface area (Å²) in [5, 5.41) is 3.60. The Labute approximate surface area is 231 Å². The SMILES string of the molecule is CCC1C(C)OCCN1c1nc2nc(-c3noc(=O)[nH]3)nc(C3=CC(Cl)CN=C3)c2n1CC1CCC(C)CC1. The van der Waals surface area contributed by atoms with Crippen LogP contribution in [0.2, 0.25) is 0 Å². The average molecular weight is 555 g/mol. The van der Waals surface area contributed by atoms with Crippen LogP contribution in [0.25, 0.3) is 28.4 Å². The van der Waals surface area contributed by atoms with Crippen LogP contribution >= 0.6 is 11.6 Å². The van der Waals surface area contributed by atoms with Gasteiger partial charge in [0.25, 0.3) is 0 Å². The monoisotopic (exact) mass is 554 g/mol. The van der Waals surface area contributed by atoms with Crippen molar-refractivity contribution in [3.05, 3.63) is 22.3 Å². The number of halogens is 1. The molecule has 3 aliphatic rings. The number of imidazole rings is 1. The van der Waals surface area contributed by atoms with Gasteiger partial charge in [-0.05, 0) is 38.0 Å². The minimum Gasteiger partial charge on any atom is -0.375 e. The molecule has 1 saturated carbocycles. The summed E-state index contributed by atoms with van der Waals surface area (Å²) in [5.74, 6) is 1.90. The van der Waals surface area contributed by atoms with Crippen LogP contribution in [0.3, 0.4) is 0 Å². The number of allylic oxidation sites excluding steroid dienone is 1. The Morgan fingerprint density at radius 3 is 2.69 bits per heavy atom. The smallest absolute Gasteiger partial charge is 0.375 e. The van der Waals surface area contributed by atoms with Crippen LogP contribution in [-0.4, -0.2) is 73.1 Å². The molecule has 0 aromatic carbocycles. The fourth-order valence-electron chi connectivity index (χ4n) is 6.17. The number of nitrogens with one attached hydrogen (secondary N) is 1. The molecule has 6 rings (SSSR count). The molecule has 39 heavy (non-hydrogen) atoms. The maximum atomic E-state index is 11.7. The summed E-state index contributed by atoms with van der Waals surface area (Å²) in [6.45, 7) is 9.37. The Balaban J connectivity index is 1.57. The molecule has 0 bridgehead atoms. The summed E-state index contributed by atoms with van der Waals surface area (Å²) in [6.07, 6.45) is 9.62. The van der Waals surface area contributed by atoms with E-state index in [0.29, 0.717) is 30.4 Å². The first-order valence-corrected chi connectivity index (χ1v) is 14.4. The number of hydrogen-bond acceptors (Lipinski definition) is 9. The van der Waals surface area contributed by atoms with Gasteiger partial charge in [0.05, 0.1) is 30.7 Å². The maximum Gasteiger partial charge on any atom is 0.439 e. The lowest BCUT2D eigenvalue weighted by molar-refractivity contribution is 0.0217. The summed E-state index contributed by atoms with van der Waals surface area (Å²) in [5.41, 5.74) is 2.85. The van der Waals surface area contributed by atoms with Gasteiger partial charge in [-0.3, -0.25) is 14.5 Å². The number of aliphatic imine (C=N–C) groups is 1. The highest BCUT2D eigenvalue weighted by Crippen LogP contribution is 2.36. The fourth-order valence-corrected chi connectivity index (χ4v) is 6.39. The van der Waals surface area contributed by atoms with Crippen molar-refractivity contribution in [2.45, 2.75) is 76.9 Å². The first-order valence-electron chi connectivity index (χ1n) is 14.0. The molecule has 1 aliphatic carbocycles. The third-order valence-electron chi connectivity index (χ3n) is 8.29. The second-order valence-corrected chi connectivity index (χ2v) is 11.6. The van der Waals surface area contributed by atoms with Gasteiger partial charge >= 0.3 is 5.76 Å². The zero-order valence-electron chi connectivity index (χ0n) is 22.6. The van der Waals surface area contributed by atoms with Crippen molar-refractivity contribution >= 4 is 40.5 Å². The molecule has 3 atom stereocenters. The minimum absolute atomic E-state index is 0.0825.